The highest BCUT2D eigenvalue weighted by molar-refractivity contribution is 5.26. The van der Waals surface area contributed by atoms with Gasteiger partial charge in [-0.3, -0.25) is 9.36 Å². The van der Waals surface area contributed by atoms with Crippen LogP contribution in [-0.4, -0.2) is 9.55 Å². The zero-order valence-electron chi connectivity index (χ0n) is 9.00. The van der Waals surface area contributed by atoms with Crippen molar-refractivity contribution in [2.75, 3.05) is 5.73 Å². The molecule has 0 aliphatic heterocycles. The Kier molecular flexibility index (Phi) is 3.28. The van der Waals surface area contributed by atoms with Gasteiger partial charge in [-0.15, -0.1) is 0 Å². The molecule has 0 aromatic carbocycles. The lowest BCUT2D eigenvalue weighted by Crippen LogP contribution is -2.28. The molecule has 1 heterocycles. The van der Waals surface area contributed by atoms with Crippen LogP contribution in [0.2, 0.25) is 0 Å². The molecule has 0 fully saturated rings. The molecule has 0 atom stereocenters. The van der Waals surface area contributed by atoms with Gasteiger partial charge in [0.05, 0.1) is 0 Å². The van der Waals surface area contributed by atoms with Crippen LogP contribution in [-0.2, 0) is 13.0 Å². The van der Waals surface area contributed by atoms with Crippen molar-refractivity contribution in [3.05, 3.63) is 21.6 Å². The summed E-state index contributed by atoms with van der Waals surface area (Å²) in [6.45, 7) is 6.35. The van der Waals surface area contributed by atoms with Crippen molar-refractivity contribution in [1.29, 1.82) is 0 Å². The van der Waals surface area contributed by atoms with E-state index in [2.05, 4.69) is 4.98 Å². The smallest absolute Gasteiger partial charge is 0.258 e. The quantitative estimate of drug-likeness (QED) is 0.785. The SMILES string of the molecule is CCCc1c(C)nc(N)n(CC)c1=O. The van der Waals surface area contributed by atoms with Crippen LogP contribution in [0, 0.1) is 6.92 Å². The highest BCUT2D eigenvalue weighted by Crippen LogP contribution is 2.05. The number of hydrogen-bond acceptors (Lipinski definition) is 3. The second-order valence-electron chi connectivity index (χ2n) is 3.33. The second-order valence-corrected chi connectivity index (χ2v) is 3.33. The van der Waals surface area contributed by atoms with Gasteiger partial charge in [0.15, 0.2) is 0 Å². The Morgan fingerprint density at radius 2 is 2.07 bits per heavy atom. The maximum atomic E-state index is 11.9. The molecule has 0 aliphatic rings. The molecule has 0 aliphatic carbocycles. The van der Waals surface area contributed by atoms with Crippen LogP contribution < -0.4 is 11.3 Å². The zero-order valence-corrected chi connectivity index (χ0v) is 9.00. The monoisotopic (exact) mass is 195 g/mol. The molecule has 2 N–H and O–H groups in total. The van der Waals surface area contributed by atoms with Crippen molar-refractivity contribution in [3.8, 4) is 0 Å². The Morgan fingerprint density at radius 1 is 1.43 bits per heavy atom. The molecule has 0 unspecified atom stereocenters. The topological polar surface area (TPSA) is 60.9 Å². The van der Waals surface area contributed by atoms with E-state index in [1.165, 1.54) is 4.57 Å². The van der Waals surface area contributed by atoms with Crippen molar-refractivity contribution >= 4 is 5.95 Å². The van der Waals surface area contributed by atoms with Crippen LogP contribution in [0.1, 0.15) is 31.5 Å². The Labute approximate surface area is 83.8 Å². The van der Waals surface area contributed by atoms with Gasteiger partial charge in [0, 0.05) is 17.8 Å². The molecule has 0 amide bonds. The summed E-state index contributed by atoms with van der Waals surface area (Å²) in [5, 5.41) is 0. The summed E-state index contributed by atoms with van der Waals surface area (Å²) in [4.78, 5) is 16.0. The molecule has 4 nitrogen and oxygen atoms in total. The average Bonchev–Trinajstić information content (AvgIpc) is 2.12. The predicted octanol–water partition coefficient (Wildman–Crippen LogP) is 1.11. The van der Waals surface area contributed by atoms with Gasteiger partial charge in [0.1, 0.15) is 0 Å². The van der Waals surface area contributed by atoms with Crippen LogP contribution in [0.25, 0.3) is 0 Å². The largest absolute Gasteiger partial charge is 0.369 e. The highest BCUT2D eigenvalue weighted by atomic mass is 16.1. The van der Waals surface area contributed by atoms with E-state index in [4.69, 9.17) is 5.73 Å². The molecule has 78 valence electrons. The number of nitrogens with two attached hydrogens (primary N) is 1. The third-order valence-electron chi connectivity index (χ3n) is 2.32. The van der Waals surface area contributed by atoms with Crippen molar-refractivity contribution in [1.82, 2.24) is 9.55 Å². The van der Waals surface area contributed by atoms with E-state index in [1.807, 2.05) is 20.8 Å². The predicted molar refractivity (Wildman–Crippen MR) is 57.3 cm³/mol. The third kappa shape index (κ3) is 1.78. The van der Waals surface area contributed by atoms with Gasteiger partial charge >= 0.3 is 0 Å². The molecule has 0 saturated carbocycles. The summed E-state index contributed by atoms with van der Waals surface area (Å²) in [5.74, 6) is 0.315. The van der Waals surface area contributed by atoms with Crippen LogP contribution >= 0.6 is 0 Å². The third-order valence-corrected chi connectivity index (χ3v) is 2.32. The zero-order chi connectivity index (χ0) is 10.7. The van der Waals surface area contributed by atoms with Crippen molar-refractivity contribution in [3.63, 3.8) is 0 Å². The molecule has 1 aromatic heterocycles. The molecule has 1 rings (SSSR count). The molecule has 4 heteroatoms. The molecule has 0 spiro atoms. The summed E-state index contributed by atoms with van der Waals surface area (Å²) in [6, 6.07) is 0. The Bertz CT molecular complexity index is 382. The minimum Gasteiger partial charge on any atom is -0.369 e. The maximum Gasteiger partial charge on any atom is 0.258 e. The van der Waals surface area contributed by atoms with Gasteiger partial charge in [0.25, 0.3) is 5.56 Å². The van der Waals surface area contributed by atoms with E-state index in [9.17, 15) is 4.79 Å². The first-order chi connectivity index (χ1) is 6.61. The highest BCUT2D eigenvalue weighted by Gasteiger charge is 2.09. The normalized spacial score (nSPS) is 10.5. The molecule has 14 heavy (non-hydrogen) atoms. The van der Waals surface area contributed by atoms with Gasteiger partial charge in [-0.25, -0.2) is 4.98 Å². The number of aromatic nitrogens is 2. The first-order valence-electron chi connectivity index (χ1n) is 4.97. The van der Waals surface area contributed by atoms with E-state index >= 15 is 0 Å². The van der Waals surface area contributed by atoms with Gasteiger partial charge in [0.2, 0.25) is 5.95 Å². The van der Waals surface area contributed by atoms with Crippen LogP contribution in [0.4, 0.5) is 5.95 Å². The van der Waals surface area contributed by atoms with E-state index < -0.39 is 0 Å². The summed E-state index contributed by atoms with van der Waals surface area (Å²) in [6.07, 6.45) is 1.73. The lowest BCUT2D eigenvalue weighted by molar-refractivity contribution is 0.696. The standard InChI is InChI=1S/C10H17N3O/c1-4-6-8-7(3)12-10(11)13(5-2)9(8)14/h4-6H2,1-3H3,(H2,11,12). The number of nitrogens with zero attached hydrogens (tertiary/aromatic N) is 2. The fourth-order valence-corrected chi connectivity index (χ4v) is 1.56. The van der Waals surface area contributed by atoms with Gasteiger partial charge in [-0.2, -0.15) is 0 Å². The average molecular weight is 195 g/mol. The number of rotatable bonds is 3. The number of anilines is 1. The number of hydrogen-bond donors (Lipinski definition) is 1. The Morgan fingerprint density at radius 3 is 2.57 bits per heavy atom. The van der Waals surface area contributed by atoms with Crippen LogP contribution in [0.5, 0.6) is 0 Å². The number of nitrogen functional groups attached to an aromatic ring is 1. The van der Waals surface area contributed by atoms with Gasteiger partial charge in [-0.05, 0) is 20.3 Å². The Hall–Kier alpha value is -1.32. The fraction of sp³-hybridized carbons (Fsp3) is 0.600. The summed E-state index contributed by atoms with van der Waals surface area (Å²) >= 11 is 0. The van der Waals surface area contributed by atoms with E-state index in [0.29, 0.717) is 12.5 Å². The van der Waals surface area contributed by atoms with Crippen molar-refractivity contribution in [2.24, 2.45) is 0 Å². The van der Waals surface area contributed by atoms with E-state index in [1.54, 1.807) is 0 Å². The molecule has 0 bridgehead atoms. The molecular weight excluding hydrogens is 178 g/mol. The van der Waals surface area contributed by atoms with Crippen molar-refractivity contribution < 1.29 is 0 Å². The molecule has 1 aromatic rings. The lowest BCUT2D eigenvalue weighted by atomic mass is 10.1. The van der Waals surface area contributed by atoms with Gasteiger partial charge < -0.3 is 5.73 Å². The minimum atomic E-state index is 0.0133. The first-order valence-corrected chi connectivity index (χ1v) is 4.97. The second kappa shape index (κ2) is 4.26. The van der Waals surface area contributed by atoms with E-state index in [0.717, 1.165) is 24.1 Å². The maximum absolute atomic E-state index is 11.9. The molecule has 0 saturated heterocycles. The van der Waals surface area contributed by atoms with Crippen LogP contribution in [0.3, 0.4) is 0 Å². The van der Waals surface area contributed by atoms with E-state index in [-0.39, 0.29) is 5.56 Å². The summed E-state index contributed by atoms with van der Waals surface area (Å²) in [7, 11) is 0. The number of aryl methyl sites for hydroxylation is 1. The molecule has 0 radical (unpaired) electrons. The summed E-state index contributed by atoms with van der Waals surface area (Å²) < 4.78 is 1.51. The minimum absolute atomic E-state index is 0.0133. The van der Waals surface area contributed by atoms with Crippen molar-refractivity contribution in [2.45, 2.75) is 40.2 Å². The lowest BCUT2D eigenvalue weighted by Gasteiger charge is -2.10. The first kappa shape index (κ1) is 10.8. The van der Waals surface area contributed by atoms with Crippen LogP contribution in [0.15, 0.2) is 4.79 Å². The summed E-state index contributed by atoms with van der Waals surface area (Å²) in [5.41, 5.74) is 7.22. The Balaban J connectivity index is 3.36. The van der Waals surface area contributed by atoms with Gasteiger partial charge in [-0.1, -0.05) is 13.3 Å². The molecular formula is C10H17N3O. The fourth-order valence-electron chi connectivity index (χ4n) is 1.56.